The predicted molar refractivity (Wildman–Crippen MR) is 83.3 cm³/mol. The molecule has 1 saturated carbocycles. The van der Waals surface area contributed by atoms with E-state index in [1.54, 1.807) is 16.3 Å². The fraction of sp³-hybridized carbons (Fsp3) is 0.857. The molecule has 5 nitrogen and oxygen atoms in total. The summed E-state index contributed by atoms with van der Waals surface area (Å²) in [4.78, 5) is 11.7. The highest BCUT2D eigenvalue weighted by Gasteiger charge is 2.27. The Kier molecular flexibility index (Phi) is 6.16. The van der Waals surface area contributed by atoms with E-state index in [1.807, 2.05) is 0 Å². The molecule has 2 N–H and O–H groups in total. The summed E-state index contributed by atoms with van der Waals surface area (Å²) in [7, 11) is 0. The average molecular weight is 298 g/mol. The van der Waals surface area contributed by atoms with Gasteiger partial charge in [-0.2, -0.15) is 0 Å². The van der Waals surface area contributed by atoms with E-state index in [4.69, 9.17) is 0 Å². The molecule has 114 valence electrons. The van der Waals surface area contributed by atoms with Crippen LogP contribution in [-0.4, -0.2) is 32.6 Å². The van der Waals surface area contributed by atoms with Gasteiger partial charge in [-0.25, -0.2) is 9.89 Å². The number of aromatic amines is 1. The molecule has 6 heteroatoms. The van der Waals surface area contributed by atoms with E-state index < -0.39 is 0 Å². The Morgan fingerprint density at radius 1 is 1.35 bits per heavy atom. The summed E-state index contributed by atoms with van der Waals surface area (Å²) >= 11 is 1.77. The number of hydrogen-bond acceptors (Lipinski definition) is 4. The van der Waals surface area contributed by atoms with Crippen molar-refractivity contribution >= 4 is 11.8 Å². The molecule has 2 rings (SSSR count). The Morgan fingerprint density at radius 2 is 2.15 bits per heavy atom. The summed E-state index contributed by atoms with van der Waals surface area (Å²) in [6.07, 6.45) is 7.15. The molecule has 1 aromatic heterocycles. The van der Waals surface area contributed by atoms with Gasteiger partial charge in [0.05, 0.1) is 0 Å². The van der Waals surface area contributed by atoms with Gasteiger partial charge in [-0.1, -0.05) is 38.5 Å². The quantitative estimate of drug-likeness (QED) is 0.811. The number of nitrogens with zero attached hydrogens (tertiary/aromatic N) is 2. The lowest BCUT2D eigenvalue weighted by Crippen LogP contribution is -2.41. The van der Waals surface area contributed by atoms with Gasteiger partial charge in [-0.15, -0.1) is 5.10 Å². The first-order chi connectivity index (χ1) is 9.76. The second-order valence-corrected chi connectivity index (χ2v) is 6.67. The lowest BCUT2D eigenvalue weighted by Gasteiger charge is -2.31. The number of hydrogen-bond donors (Lipinski definition) is 2. The number of nitrogens with one attached hydrogen (secondary N) is 2. The third-order valence-electron chi connectivity index (χ3n) is 3.79. The maximum Gasteiger partial charge on any atom is 0.343 e. The fourth-order valence-corrected chi connectivity index (χ4v) is 4.10. The van der Waals surface area contributed by atoms with Gasteiger partial charge in [0.25, 0.3) is 0 Å². The third-order valence-corrected chi connectivity index (χ3v) is 5.18. The number of rotatable bonds is 7. The van der Waals surface area contributed by atoms with Crippen molar-refractivity contribution in [1.82, 2.24) is 20.1 Å². The van der Waals surface area contributed by atoms with Gasteiger partial charge in [0, 0.05) is 17.8 Å². The van der Waals surface area contributed by atoms with Gasteiger partial charge in [0.2, 0.25) is 0 Å². The van der Waals surface area contributed by atoms with E-state index in [1.165, 1.54) is 25.7 Å². The molecule has 0 amide bonds. The van der Waals surface area contributed by atoms with E-state index in [-0.39, 0.29) is 5.69 Å². The first kappa shape index (κ1) is 15.6. The molecule has 1 aliphatic rings. The predicted octanol–water partition coefficient (Wildman–Crippen LogP) is 2.38. The van der Waals surface area contributed by atoms with Crippen LogP contribution < -0.4 is 11.0 Å². The second-order valence-electron chi connectivity index (χ2n) is 5.46. The van der Waals surface area contributed by atoms with E-state index in [9.17, 15) is 4.79 Å². The van der Waals surface area contributed by atoms with Crippen LogP contribution in [0.2, 0.25) is 0 Å². The Morgan fingerprint density at radius 3 is 2.90 bits per heavy atom. The molecule has 2 unspecified atom stereocenters. The molecule has 0 saturated heterocycles. The molecule has 0 aromatic carbocycles. The van der Waals surface area contributed by atoms with Gasteiger partial charge in [0.1, 0.15) is 0 Å². The Balaban J connectivity index is 2.04. The van der Waals surface area contributed by atoms with Gasteiger partial charge < -0.3 is 5.32 Å². The van der Waals surface area contributed by atoms with Crippen molar-refractivity contribution in [3.63, 3.8) is 0 Å². The van der Waals surface area contributed by atoms with Crippen molar-refractivity contribution in [3.8, 4) is 0 Å². The number of aromatic nitrogens is 3. The minimum Gasteiger partial charge on any atom is -0.313 e. The monoisotopic (exact) mass is 298 g/mol. The Bertz CT molecular complexity index is 456. The third kappa shape index (κ3) is 3.88. The van der Waals surface area contributed by atoms with Crippen LogP contribution in [0.15, 0.2) is 9.95 Å². The zero-order valence-electron chi connectivity index (χ0n) is 12.5. The topological polar surface area (TPSA) is 62.7 Å². The fourth-order valence-electron chi connectivity index (χ4n) is 2.75. The van der Waals surface area contributed by atoms with Crippen LogP contribution >= 0.6 is 11.8 Å². The summed E-state index contributed by atoms with van der Waals surface area (Å²) in [6, 6.07) is 0.551. The van der Waals surface area contributed by atoms with Gasteiger partial charge in [-0.05, 0) is 32.2 Å². The standard InChI is InChI=1S/C14H26N4OS/c1-3-9-15-11-7-5-6-8-12(11)20-14-17-16-13(19)18(14)10-4-2/h11-12,15H,3-10H2,1-2H3,(H,16,19). The molecule has 20 heavy (non-hydrogen) atoms. The molecule has 2 atom stereocenters. The Labute approximate surface area is 124 Å². The SMILES string of the molecule is CCCNC1CCCCC1Sc1n[nH]c(=O)n1CCC. The maximum absolute atomic E-state index is 11.7. The van der Waals surface area contributed by atoms with Crippen LogP contribution in [0, 0.1) is 0 Å². The smallest absolute Gasteiger partial charge is 0.313 e. The van der Waals surface area contributed by atoms with Crippen LogP contribution in [0.5, 0.6) is 0 Å². The lowest BCUT2D eigenvalue weighted by atomic mass is 9.95. The molecular weight excluding hydrogens is 272 g/mol. The van der Waals surface area contributed by atoms with Crippen LogP contribution in [0.25, 0.3) is 0 Å². The first-order valence-corrected chi connectivity index (χ1v) is 8.69. The zero-order chi connectivity index (χ0) is 14.4. The number of thioether (sulfide) groups is 1. The molecule has 0 aliphatic heterocycles. The van der Waals surface area contributed by atoms with E-state index in [0.29, 0.717) is 11.3 Å². The molecule has 0 spiro atoms. The second kappa shape index (κ2) is 7.88. The van der Waals surface area contributed by atoms with Crippen LogP contribution in [0.3, 0.4) is 0 Å². The summed E-state index contributed by atoms with van der Waals surface area (Å²) in [6.45, 7) is 6.10. The largest absolute Gasteiger partial charge is 0.343 e. The molecule has 0 bridgehead atoms. The molecular formula is C14H26N4OS. The highest BCUT2D eigenvalue weighted by molar-refractivity contribution is 7.99. The van der Waals surface area contributed by atoms with Crippen molar-refractivity contribution < 1.29 is 0 Å². The van der Waals surface area contributed by atoms with Crippen molar-refractivity contribution in [2.75, 3.05) is 6.54 Å². The molecule has 1 fully saturated rings. The summed E-state index contributed by atoms with van der Waals surface area (Å²) in [5.41, 5.74) is -0.0803. The minimum absolute atomic E-state index is 0.0803. The summed E-state index contributed by atoms with van der Waals surface area (Å²) in [5.74, 6) is 0. The Hall–Kier alpha value is -0.750. The normalized spacial score (nSPS) is 23.1. The molecule has 0 radical (unpaired) electrons. The van der Waals surface area contributed by atoms with Crippen molar-refractivity contribution in [2.45, 2.75) is 75.4 Å². The highest BCUT2D eigenvalue weighted by Crippen LogP contribution is 2.32. The van der Waals surface area contributed by atoms with E-state index >= 15 is 0 Å². The maximum atomic E-state index is 11.7. The van der Waals surface area contributed by atoms with Gasteiger partial charge in [0.15, 0.2) is 5.16 Å². The van der Waals surface area contributed by atoms with Crippen LogP contribution in [0.4, 0.5) is 0 Å². The van der Waals surface area contributed by atoms with Crippen molar-refractivity contribution in [3.05, 3.63) is 10.5 Å². The molecule has 1 heterocycles. The van der Waals surface area contributed by atoms with Crippen molar-refractivity contribution in [2.24, 2.45) is 0 Å². The minimum atomic E-state index is -0.0803. The molecule has 1 aromatic rings. The lowest BCUT2D eigenvalue weighted by molar-refractivity contribution is 0.384. The summed E-state index contributed by atoms with van der Waals surface area (Å²) in [5, 5.41) is 11.8. The molecule has 1 aliphatic carbocycles. The average Bonchev–Trinajstić information content (AvgIpc) is 2.80. The van der Waals surface area contributed by atoms with Gasteiger partial charge >= 0.3 is 5.69 Å². The summed E-state index contributed by atoms with van der Waals surface area (Å²) < 4.78 is 1.77. The first-order valence-electron chi connectivity index (χ1n) is 7.81. The highest BCUT2D eigenvalue weighted by atomic mass is 32.2. The van der Waals surface area contributed by atoms with E-state index in [0.717, 1.165) is 31.1 Å². The number of H-pyrrole nitrogens is 1. The van der Waals surface area contributed by atoms with Crippen LogP contribution in [-0.2, 0) is 6.54 Å². The van der Waals surface area contributed by atoms with Gasteiger partial charge in [-0.3, -0.25) is 4.57 Å². The van der Waals surface area contributed by atoms with E-state index in [2.05, 4.69) is 29.4 Å². The van der Waals surface area contributed by atoms with Crippen LogP contribution in [0.1, 0.15) is 52.4 Å². The zero-order valence-corrected chi connectivity index (χ0v) is 13.3. The van der Waals surface area contributed by atoms with Crippen molar-refractivity contribution in [1.29, 1.82) is 0 Å².